The van der Waals surface area contributed by atoms with Crippen LogP contribution in [0.4, 0.5) is 0 Å². The Hall–Kier alpha value is -0.860. The van der Waals surface area contributed by atoms with Crippen LogP contribution in [0.5, 0.6) is 0 Å². The normalized spacial score (nSPS) is 29.2. The van der Waals surface area contributed by atoms with Crippen LogP contribution in [0, 0.1) is 0 Å². The van der Waals surface area contributed by atoms with Crippen molar-refractivity contribution in [3.05, 3.63) is 35.9 Å². The Labute approximate surface area is 110 Å². The van der Waals surface area contributed by atoms with Crippen molar-refractivity contribution < 1.29 is 9.84 Å². The molecule has 0 amide bonds. The van der Waals surface area contributed by atoms with Crippen LogP contribution >= 0.6 is 0 Å². The molecule has 1 aliphatic rings. The Kier molecular flexibility index (Phi) is 3.79. The van der Waals surface area contributed by atoms with Crippen molar-refractivity contribution in [2.24, 2.45) is 0 Å². The number of ether oxygens (including phenoxy) is 1. The van der Waals surface area contributed by atoms with Gasteiger partial charge in [0.2, 0.25) is 0 Å². The first-order valence-electron chi connectivity index (χ1n) is 6.85. The number of rotatable bonds is 2. The second-order valence-electron chi connectivity index (χ2n) is 6.33. The van der Waals surface area contributed by atoms with Crippen LogP contribution < -0.4 is 0 Å². The minimum atomic E-state index is -0.654. The van der Waals surface area contributed by atoms with Crippen molar-refractivity contribution in [2.75, 3.05) is 0 Å². The molecule has 0 unspecified atom stereocenters. The van der Waals surface area contributed by atoms with E-state index < -0.39 is 5.60 Å². The zero-order valence-corrected chi connectivity index (χ0v) is 11.6. The smallest absolute Gasteiger partial charge is 0.0898 e. The molecule has 100 valence electrons. The van der Waals surface area contributed by atoms with Crippen LogP contribution in [0.25, 0.3) is 0 Å². The summed E-state index contributed by atoms with van der Waals surface area (Å²) in [6, 6.07) is 10.0. The maximum absolute atomic E-state index is 10.7. The van der Waals surface area contributed by atoms with Crippen LogP contribution in [-0.4, -0.2) is 16.8 Å². The minimum Gasteiger partial charge on any atom is -0.385 e. The van der Waals surface area contributed by atoms with Gasteiger partial charge in [-0.3, -0.25) is 0 Å². The lowest BCUT2D eigenvalue weighted by molar-refractivity contribution is -0.109. The lowest BCUT2D eigenvalue weighted by Gasteiger charge is -2.38. The molecule has 0 aliphatic heterocycles. The van der Waals surface area contributed by atoms with Gasteiger partial charge < -0.3 is 9.84 Å². The summed E-state index contributed by atoms with van der Waals surface area (Å²) in [5.41, 5.74) is 0.297. The molecule has 1 aromatic carbocycles. The van der Waals surface area contributed by atoms with Crippen molar-refractivity contribution >= 4 is 0 Å². The highest BCUT2D eigenvalue weighted by Crippen LogP contribution is 2.38. The van der Waals surface area contributed by atoms with E-state index in [2.05, 4.69) is 20.8 Å². The first kappa shape index (κ1) is 13.6. The van der Waals surface area contributed by atoms with Gasteiger partial charge in [-0.05, 0) is 52.0 Å². The van der Waals surface area contributed by atoms with E-state index >= 15 is 0 Å². The van der Waals surface area contributed by atoms with Crippen LogP contribution in [-0.2, 0) is 10.3 Å². The summed E-state index contributed by atoms with van der Waals surface area (Å²) >= 11 is 0. The molecule has 1 fully saturated rings. The lowest BCUT2D eigenvalue weighted by atomic mass is 9.78. The Morgan fingerprint density at radius 2 is 1.67 bits per heavy atom. The molecule has 2 nitrogen and oxygen atoms in total. The second-order valence-corrected chi connectivity index (χ2v) is 6.33. The number of hydrogen-bond donors (Lipinski definition) is 1. The van der Waals surface area contributed by atoms with Gasteiger partial charge in [-0.1, -0.05) is 30.3 Å². The fourth-order valence-electron chi connectivity index (χ4n) is 2.72. The molecule has 0 atom stereocenters. The molecule has 1 aromatic rings. The fourth-order valence-corrected chi connectivity index (χ4v) is 2.72. The highest BCUT2D eigenvalue weighted by Gasteiger charge is 2.36. The van der Waals surface area contributed by atoms with Crippen LogP contribution in [0.3, 0.4) is 0 Å². The van der Waals surface area contributed by atoms with Crippen LogP contribution in [0.2, 0.25) is 0 Å². The molecule has 0 bridgehead atoms. The summed E-state index contributed by atoms with van der Waals surface area (Å²) in [4.78, 5) is 0. The van der Waals surface area contributed by atoms with Crippen molar-refractivity contribution in [3.8, 4) is 0 Å². The van der Waals surface area contributed by atoms with Crippen molar-refractivity contribution in [3.63, 3.8) is 0 Å². The van der Waals surface area contributed by atoms with Gasteiger partial charge in [0.1, 0.15) is 0 Å². The molecule has 0 radical (unpaired) electrons. The molecule has 18 heavy (non-hydrogen) atoms. The molecular formula is C16H24O2. The standard InChI is InChI=1S/C16H24O2/c1-15(2,3)18-14-9-11-16(17,12-10-14)13-7-5-4-6-8-13/h4-8,14,17H,9-12H2,1-3H3. The van der Waals surface area contributed by atoms with E-state index in [0.29, 0.717) is 0 Å². The topological polar surface area (TPSA) is 29.5 Å². The lowest BCUT2D eigenvalue weighted by Crippen LogP contribution is -2.37. The molecule has 1 N–H and O–H groups in total. The molecule has 0 heterocycles. The first-order chi connectivity index (χ1) is 8.39. The van der Waals surface area contributed by atoms with Crippen molar-refractivity contribution in [2.45, 2.75) is 63.8 Å². The average molecular weight is 248 g/mol. The van der Waals surface area contributed by atoms with Gasteiger partial charge in [0.25, 0.3) is 0 Å². The van der Waals surface area contributed by atoms with E-state index in [1.165, 1.54) is 0 Å². The zero-order chi connectivity index (χ0) is 13.2. The van der Waals surface area contributed by atoms with E-state index in [1.807, 2.05) is 30.3 Å². The summed E-state index contributed by atoms with van der Waals surface area (Å²) in [7, 11) is 0. The average Bonchev–Trinajstić information content (AvgIpc) is 2.32. The molecule has 0 aromatic heterocycles. The molecule has 0 saturated heterocycles. The largest absolute Gasteiger partial charge is 0.385 e. The zero-order valence-electron chi connectivity index (χ0n) is 11.6. The summed E-state index contributed by atoms with van der Waals surface area (Å²) < 4.78 is 6.00. The predicted molar refractivity (Wildman–Crippen MR) is 73.4 cm³/mol. The third-order valence-corrected chi connectivity index (χ3v) is 3.59. The molecule has 0 spiro atoms. The third kappa shape index (κ3) is 3.33. The summed E-state index contributed by atoms with van der Waals surface area (Å²) in [6.07, 6.45) is 3.73. The van der Waals surface area contributed by atoms with Gasteiger partial charge in [-0.2, -0.15) is 0 Å². The van der Waals surface area contributed by atoms with Crippen molar-refractivity contribution in [1.29, 1.82) is 0 Å². The molecular weight excluding hydrogens is 224 g/mol. The van der Waals surface area contributed by atoms with Gasteiger partial charge in [0, 0.05) is 0 Å². The van der Waals surface area contributed by atoms with E-state index in [0.717, 1.165) is 31.2 Å². The predicted octanol–water partition coefficient (Wildman–Crippen LogP) is 3.63. The Balaban J connectivity index is 1.98. The molecule has 2 rings (SSSR count). The number of aliphatic hydroxyl groups is 1. The monoisotopic (exact) mass is 248 g/mol. The maximum Gasteiger partial charge on any atom is 0.0898 e. The van der Waals surface area contributed by atoms with Gasteiger partial charge in [0.05, 0.1) is 17.3 Å². The van der Waals surface area contributed by atoms with Gasteiger partial charge in [-0.15, -0.1) is 0 Å². The molecule has 2 heteroatoms. The van der Waals surface area contributed by atoms with Crippen LogP contribution in [0.1, 0.15) is 52.0 Å². The molecule has 1 saturated carbocycles. The Morgan fingerprint density at radius 3 is 2.17 bits per heavy atom. The van der Waals surface area contributed by atoms with Crippen LogP contribution in [0.15, 0.2) is 30.3 Å². The Morgan fingerprint density at radius 1 is 1.11 bits per heavy atom. The van der Waals surface area contributed by atoms with Gasteiger partial charge in [-0.25, -0.2) is 0 Å². The van der Waals surface area contributed by atoms with E-state index in [-0.39, 0.29) is 11.7 Å². The first-order valence-corrected chi connectivity index (χ1v) is 6.85. The SMILES string of the molecule is CC(C)(C)OC1CCC(O)(c2ccccc2)CC1. The van der Waals surface area contributed by atoms with Gasteiger partial charge in [0.15, 0.2) is 0 Å². The second kappa shape index (κ2) is 5.02. The summed E-state index contributed by atoms with van der Waals surface area (Å²) in [5, 5.41) is 10.7. The fraction of sp³-hybridized carbons (Fsp3) is 0.625. The third-order valence-electron chi connectivity index (χ3n) is 3.59. The van der Waals surface area contributed by atoms with E-state index in [9.17, 15) is 5.11 Å². The highest BCUT2D eigenvalue weighted by atomic mass is 16.5. The van der Waals surface area contributed by atoms with E-state index in [4.69, 9.17) is 4.74 Å². The Bertz CT molecular complexity index is 370. The summed E-state index contributed by atoms with van der Waals surface area (Å²) in [6.45, 7) is 6.26. The number of benzene rings is 1. The maximum atomic E-state index is 10.7. The van der Waals surface area contributed by atoms with Crippen molar-refractivity contribution in [1.82, 2.24) is 0 Å². The number of hydrogen-bond acceptors (Lipinski definition) is 2. The van der Waals surface area contributed by atoms with E-state index in [1.54, 1.807) is 0 Å². The highest BCUT2D eigenvalue weighted by molar-refractivity contribution is 5.22. The van der Waals surface area contributed by atoms with Gasteiger partial charge >= 0.3 is 0 Å². The quantitative estimate of drug-likeness (QED) is 0.866. The molecule has 1 aliphatic carbocycles. The minimum absolute atomic E-state index is 0.0904. The summed E-state index contributed by atoms with van der Waals surface area (Å²) in [5.74, 6) is 0.